The van der Waals surface area contributed by atoms with Crippen LogP contribution in [0.15, 0.2) is 54.7 Å². The van der Waals surface area contributed by atoms with E-state index in [0.29, 0.717) is 12.0 Å². The first-order valence-electron chi connectivity index (χ1n) is 9.83. The fraction of sp³-hybridized carbons (Fsp3) is 0.261. The Bertz CT molecular complexity index is 1100. The molecule has 2 heterocycles. The van der Waals surface area contributed by atoms with Gasteiger partial charge in [-0.1, -0.05) is 62.4 Å². The standard InChI is InChI=1S/C23H23N3O3/c1-3-15-9-8-12-17-18(13-24-20(15)17)19(27)14-26-21(28)23(4-2,25-22(26)29)16-10-6-5-7-11-16/h5-13,24H,3-4,14H2,1-2H3,(H,25,29). The summed E-state index contributed by atoms with van der Waals surface area (Å²) >= 11 is 0. The van der Waals surface area contributed by atoms with Crippen molar-refractivity contribution in [3.05, 3.63) is 71.4 Å². The molecule has 1 aliphatic rings. The van der Waals surface area contributed by atoms with Crippen molar-refractivity contribution in [2.24, 2.45) is 0 Å². The van der Waals surface area contributed by atoms with Crippen molar-refractivity contribution in [2.75, 3.05) is 6.54 Å². The van der Waals surface area contributed by atoms with Crippen LogP contribution < -0.4 is 5.32 Å². The van der Waals surface area contributed by atoms with Gasteiger partial charge in [-0.3, -0.25) is 14.5 Å². The van der Waals surface area contributed by atoms with Gasteiger partial charge in [0.2, 0.25) is 0 Å². The highest BCUT2D eigenvalue weighted by atomic mass is 16.2. The van der Waals surface area contributed by atoms with E-state index in [1.54, 1.807) is 6.20 Å². The summed E-state index contributed by atoms with van der Waals surface area (Å²) in [6.07, 6.45) is 2.91. The maximum atomic E-state index is 13.2. The normalized spacial score (nSPS) is 19.0. The van der Waals surface area contributed by atoms with Gasteiger partial charge in [0.15, 0.2) is 5.78 Å². The van der Waals surface area contributed by atoms with E-state index in [2.05, 4.69) is 17.2 Å². The molecule has 1 unspecified atom stereocenters. The summed E-state index contributed by atoms with van der Waals surface area (Å²) in [5, 5.41) is 3.63. The lowest BCUT2D eigenvalue weighted by Crippen LogP contribution is -2.43. The molecule has 0 radical (unpaired) electrons. The number of Topliss-reactive ketones (excluding diaryl/α,β-unsaturated/α-hetero) is 1. The number of hydrogen-bond acceptors (Lipinski definition) is 3. The van der Waals surface area contributed by atoms with Gasteiger partial charge in [-0.2, -0.15) is 0 Å². The molecule has 3 amide bonds. The summed E-state index contributed by atoms with van der Waals surface area (Å²) in [6.45, 7) is 3.61. The van der Waals surface area contributed by atoms with E-state index < -0.39 is 17.5 Å². The second-order valence-corrected chi connectivity index (χ2v) is 7.27. The number of carbonyl (C=O) groups excluding carboxylic acids is 3. The van der Waals surface area contributed by atoms with Crippen molar-refractivity contribution < 1.29 is 14.4 Å². The number of H-pyrrole nitrogens is 1. The lowest BCUT2D eigenvalue weighted by molar-refractivity contribution is -0.131. The Kier molecular flexibility index (Phi) is 4.70. The third kappa shape index (κ3) is 2.92. The van der Waals surface area contributed by atoms with Crippen LogP contribution in [0.2, 0.25) is 0 Å². The Labute approximate surface area is 168 Å². The van der Waals surface area contributed by atoms with Gasteiger partial charge >= 0.3 is 6.03 Å². The minimum atomic E-state index is -1.13. The summed E-state index contributed by atoms with van der Waals surface area (Å²) in [6, 6.07) is 14.4. The van der Waals surface area contributed by atoms with Crippen molar-refractivity contribution >= 4 is 28.6 Å². The monoisotopic (exact) mass is 389 g/mol. The van der Waals surface area contributed by atoms with Gasteiger partial charge in [0.05, 0.1) is 6.54 Å². The lowest BCUT2D eigenvalue weighted by Gasteiger charge is -2.25. The molecule has 1 aliphatic heterocycles. The van der Waals surface area contributed by atoms with E-state index in [1.807, 2.05) is 55.5 Å². The van der Waals surface area contributed by atoms with Gasteiger partial charge in [0.25, 0.3) is 5.91 Å². The Morgan fingerprint density at radius 3 is 2.48 bits per heavy atom. The van der Waals surface area contributed by atoms with Gasteiger partial charge in [-0.05, 0) is 24.0 Å². The molecule has 0 saturated carbocycles. The Hall–Kier alpha value is -3.41. The fourth-order valence-electron chi connectivity index (χ4n) is 4.10. The number of benzene rings is 2. The maximum Gasteiger partial charge on any atom is 0.325 e. The molecule has 6 nitrogen and oxygen atoms in total. The third-order valence-electron chi connectivity index (χ3n) is 5.76. The summed E-state index contributed by atoms with van der Waals surface area (Å²) < 4.78 is 0. The van der Waals surface area contributed by atoms with Crippen molar-refractivity contribution in [3.63, 3.8) is 0 Å². The zero-order valence-electron chi connectivity index (χ0n) is 16.5. The van der Waals surface area contributed by atoms with Crippen molar-refractivity contribution in [1.29, 1.82) is 0 Å². The first kappa shape index (κ1) is 18.9. The van der Waals surface area contributed by atoms with Gasteiger partial charge in [-0.15, -0.1) is 0 Å². The number of hydrogen-bond donors (Lipinski definition) is 2. The minimum Gasteiger partial charge on any atom is -0.360 e. The lowest BCUT2D eigenvalue weighted by atomic mass is 9.87. The topological polar surface area (TPSA) is 82.3 Å². The average molecular weight is 389 g/mol. The Morgan fingerprint density at radius 2 is 1.79 bits per heavy atom. The first-order chi connectivity index (χ1) is 14.0. The largest absolute Gasteiger partial charge is 0.360 e. The van der Waals surface area contributed by atoms with Crippen LogP contribution >= 0.6 is 0 Å². The molecule has 29 heavy (non-hydrogen) atoms. The fourth-order valence-corrected chi connectivity index (χ4v) is 4.10. The van der Waals surface area contributed by atoms with Crippen LogP contribution in [-0.2, 0) is 16.8 Å². The first-order valence-corrected chi connectivity index (χ1v) is 9.83. The number of aryl methyl sites for hydroxylation is 1. The molecule has 1 aromatic heterocycles. The summed E-state index contributed by atoms with van der Waals surface area (Å²) in [5.74, 6) is -0.661. The molecule has 0 spiro atoms. The summed E-state index contributed by atoms with van der Waals surface area (Å²) in [7, 11) is 0. The number of rotatable bonds is 6. The molecule has 1 atom stereocenters. The summed E-state index contributed by atoms with van der Waals surface area (Å²) in [5.41, 5.74) is 2.11. The number of aromatic amines is 1. The average Bonchev–Trinajstić information content (AvgIpc) is 3.29. The number of nitrogens with one attached hydrogen (secondary N) is 2. The van der Waals surface area contributed by atoms with Crippen LogP contribution in [-0.4, -0.2) is 34.2 Å². The number of aromatic nitrogens is 1. The van der Waals surface area contributed by atoms with E-state index in [1.165, 1.54) is 0 Å². The highest BCUT2D eigenvalue weighted by molar-refractivity contribution is 6.14. The van der Waals surface area contributed by atoms with E-state index in [0.717, 1.165) is 33.4 Å². The van der Waals surface area contributed by atoms with E-state index in [4.69, 9.17) is 0 Å². The van der Waals surface area contributed by atoms with Crippen LogP contribution in [0.4, 0.5) is 4.79 Å². The second kappa shape index (κ2) is 7.20. The predicted molar refractivity (Wildman–Crippen MR) is 111 cm³/mol. The molecule has 1 saturated heterocycles. The maximum absolute atomic E-state index is 13.2. The number of carbonyl (C=O) groups is 3. The molecule has 0 bridgehead atoms. The molecule has 2 aromatic carbocycles. The van der Waals surface area contributed by atoms with Crippen molar-refractivity contribution in [2.45, 2.75) is 32.2 Å². The number of nitrogens with zero attached hydrogens (tertiary/aromatic N) is 1. The summed E-state index contributed by atoms with van der Waals surface area (Å²) in [4.78, 5) is 43.1. The van der Waals surface area contributed by atoms with Crippen LogP contribution in [0.1, 0.15) is 41.8 Å². The van der Waals surface area contributed by atoms with Gasteiger partial charge in [0.1, 0.15) is 5.54 Å². The molecular formula is C23H23N3O3. The number of ketones is 1. The highest BCUT2D eigenvalue weighted by Crippen LogP contribution is 2.32. The van der Waals surface area contributed by atoms with Crippen LogP contribution in [0.25, 0.3) is 10.9 Å². The molecule has 3 aromatic rings. The number of para-hydroxylation sites is 1. The van der Waals surface area contributed by atoms with Gasteiger partial charge in [0, 0.05) is 22.7 Å². The van der Waals surface area contributed by atoms with Gasteiger partial charge < -0.3 is 10.3 Å². The number of amides is 3. The zero-order valence-corrected chi connectivity index (χ0v) is 16.5. The van der Waals surface area contributed by atoms with Crippen LogP contribution in [0, 0.1) is 0 Å². The Morgan fingerprint density at radius 1 is 1.03 bits per heavy atom. The molecule has 0 aliphatic carbocycles. The van der Waals surface area contributed by atoms with Crippen LogP contribution in [0.5, 0.6) is 0 Å². The molecule has 4 rings (SSSR count). The van der Waals surface area contributed by atoms with E-state index in [-0.39, 0.29) is 12.3 Å². The highest BCUT2D eigenvalue weighted by Gasteiger charge is 2.51. The number of imide groups is 1. The Balaban J connectivity index is 1.64. The molecule has 6 heteroatoms. The van der Waals surface area contributed by atoms with E-state index in [9.17, 15) is 14.4 Å². The zero-order chi connectivity index (χ0) is 20.6. The second-order valence-electron chi connectivity index (χ2n) is 7.27. The molecular weight excluding hydrogens is 366 g/mol. The quantitative estimate of drug-likeness (QED) is 0.497. The molecule has 148 valence electrons. The van der Waals surface area contributed by atoms with E-state index >= 15 is 0 Å². The van der Waals surface area contributed by atoms with Crippen LogP contribution in [0.3, 0.4) is 0 Å². The van der Waals surface area contributed by atoms with Gasteiger partial charge in [-0.25, -0.2) is 4.79 Å². The van der Waals surface area contributed by atoms with Crippen molar-refractivity contribution in [3.8, 4) is 0 Å². The third-order valence-corrected chi connectivity index (χ3v) is 5.76. The number of urea groups is 1. The predicted octanol–water partition coefficient (Wildman–Crippen LogP) is 3.77. The smallest absolute Gasteiger partial charge is 0.325 e. The minimum absolute atomic E-state index is 0.270. The molecule has 2 N–H and O–H groups in total. The number of fused-ring (bicyclic) bond motifs is 1. The molecule has 1 fully saturated rings. The SMILES string of the molecule is CCc1cccc2c(C(=O)CN3C(=O)NC(CC)(c4ccccc4)C3=O)c[nH]c12. The van der Waals surface area contributed by atoms with Crippen molar-refractivity contribution in [1.82, 2.24) is 15.2 Å².